The molecule has 1 aliphatic rings. The van der Waals surface area contributed by atoms with Gasteiger partial charge < -0.3 is 9.84 Å². The molecule has 2 aromatic rings. The summed E-state index contributed by atoms with van der Waals surface area (Å²) >= 11 is 0. The summed E-state index contributed by atoms with van der Waals surface area (Å²) in [6.07, 6.45) is 3.36. The molecular formula is C19H27N3O2. The van der Waals surface area contributed by atoms with Crippen LogP contribution >= 0.6 is 0 Å². The molecule has 0 atom stereocenters. The molecule has 1 aromatic carbocycles. The second-order valence-electron chi connectivity index (χ2n) is 6.23. The van der Waals surface area contributed by atoms with Crippen molar-refractivity contribution in [2.75, 3.05) is 20.1 Å². The Bertz CT molecular complexity index is 662. The van der Waals surface area contributed by atoms with E-state index < -0.39 is 0 Å². The number of nitrogens with one attached hydrogen (secondary N) is 1. The van der Waals surface area contributed by atoms with Crippen LogP contribution in [-0.2, 0) is 13.0 Å². The Morgan fingerprint density at radius 1 is 1.38 bits per heavy atom. The summed E-state index contributed by atoms with van der Waals surface area (Å²) in [5.74, 6) is 0.296. The fraction of sp³-hybridized carbons (Fsp3) is 0.474. The van der Waals surface area contributed by atoms with Crippen LogP contribution in [0.2, 0.25) is 0 Å². The van der Waals surface area contributed by atoms with Crippen molar-refractivity contribution < 1.29 is 9.32 Å². The number of hydrogen-bond acceptors (Lipinski definition) is 5. The van der Waals surface area contributed by atoms with Crippen LogP contribution in [0.25, 0.3) is 11.1 Å². The number of rotatable bonds is 4. The van der Waals surface area contributed by atoms with Crippen LogP contribution in [0, 0.1) is 0 Å². The average Bonchev–Trinajstić information content (AvgIpc) is 3.09. The molecule has 0 bridgehead atoms. The monoisotopic (exact) mass is 329 g/mol. The highest BCUT2D eigenvalue weighted by molar-refractivity contribution is 5.83. The number of carbonyl (C=O) groups is 1. The van der Waals surface area contributed by atoms with Crippen LogP contribution in [0.3, 0.4) is 0 Å². The molecule has 5 nitrogen and oxygen atoms in total. The first kappa shape index (κ1) is 18.4. The zero-order valence-electron chi connectivity index (χ0n) is 15.0. The summed E-state index contributed by atoms with van der Waals surface area (Å²) in [6, 6.07) is 6.93. The van der Waals surface area contributed by atoms with Gasteiger partial charge in [0.2, 0.25) is 5.76 Å². The molecule has 0 spiro atoms. The van der Waals surface area contributed by atoms with Crippen LogP contribution in [0.1, 0.15) is 42.5 Å². The molecule has 0 radical (unpaired) electrons. The molecular weight excluding hydrogens is 302 g/mol. The first-order valence-electron chi connectivity index (χ1n) is 8.51. The minimum atomic E-state index is 0.296. The van der Waals surface area contributed by atoms with E-state index in [0.29, 0.717) is 18.1 Å². The van der Waals surface area contributed by atoms with Gasteiger partial charge in [0.05, 0.1) is 11.8 Å². The van der Waals surface area contributed by atoms with E-state index in [0.717, 1.165) is 37.2 Å². The van der Waals surface area contributed by atoms with E-state index in [1.165, 1.54) is 11.1 Å². The molecule has 1 N–H and O–H groups in total. The smallest absolute Gasteiger partial charge is 0.207 e. The molecule has 130 valence electrons. The summed E-state index contributed by atoms with van der Waals surface area (Å²) in [4.78, 5) is 13.4. The third kappa shape index (κ3) is 4.30. The van der Waals surface area contributed by atoms with Crippen molar-refractivity contribution in [1.29, 1.82) is 0 Å². The number of aldehydes is 1. The van der Waals surface area contributed by atoms with Crippen LogP contribution in [0.4, 0.5) is 0 Å². The summed E-state index contributed by atoms with van der Waals surface area (Å²) in [7, 11) is 1.93. The minimum Gasteiger partial charge on any atom is -0.353 e. The molecule has 0 saturated heterocycles. The van der Waals surface area contributed by atoms with Gasteiger partial charge in [-0.2, -0.15) is 0 Å². The van der Waals surface area contributed by atoms with Crippen molar-refractivity contribution >= 4 is 6.29 Å². The molecule has 0 saturated carbocycles. The van der Waals surface area contributed by atoms with Crippen molar-refractivity contribution in [2.24, 2.45) is 0 Å². The molecule has 3 rings (SSSR count). The first-order valence-corrected chi connectivity index (χ1v) is 8.51. The Kier molecular flexibility index (Phi) is 6.70. The fourth-order valence-corrected chi connectivity index (χ4v) is 2.73. The fourth-order valence-electron chi connectivity index (χ4n) is 2.73. The zero-order chi connectivity index (χ0) is 17.5. The van der Waals surface area contributed by atoms with Gasteiger partial charge in [0, 0.05) is 19.1 Å². The van der Waals surface area contributed by atoms with Gasteiger partial charge in [0.1, 0.15) is 0 Å². The third-order valence-corrected chi connectivity index (χ3v) is 4.35. The number of aromatic nitrogens is 1. The van der Waals surface area contributed by atoms with Crippen molar-refractivity contribution in [3.63, 3.8) is 0 Å². The lowest BCUT2D eigenvalue weighted by atomic mass is 9.94. The minimum absolute atomic E-state index is 0.296. The van der Waals surface area contributed by atoms with Crippen LogP contribution in [-0.4, -0.2) is 42.5 Å². The second-order valence-corrected chi connectivity index (χ2v) is 6.23. The number of hydrogen-bond donors (Lipinski definition) is 1. The zero-order valence-corrected chi connectivity index (χ0v) is 15.0. The van der Waals surface area contributed by atoms with E-state index in [1.807, 2.05) is 13.1 Å². The number of carbonyl (C=O) groups excluding carboxylic acids is 1. The average molecular weight is 329 g/mol. The Morgan fingerprint density at radius 3 is 2.75 bits per heavy atom. The van der Waals surface area contributed by atoms with E-state index in [9.17, 15) is 4.79 Å². The highest BCUT2D eigenvalue weighted by Gasteiger charge is 2.19. The highest BCUT2D eigenvalue weighted by Crippen LogP contribution is 2.28. The molecule has 1 aromatic heterocycles. The standard InChI is InChI=1S/C16H18N2O2.C3H9N/c1-11(2)18-6-5-12-7-13(3-4-14(12)9-18)15-8-17-20-16(15)10-19;1-3-4-2/h3-4,7-8,10-11H,5-6,9H2,1-2H3;4H,3H2,1-2H3. The largest absolute Gasteiger partial charge is 0.353 e. The number of nitrogens with zero attached hydrogens (tertiary/aromatic N) is 2. The number of fused-ring (bicyclic) bond motifs is 1. The summed E-state index contributed by atoms with van der Waals surface area (Å²) in [6.45, 7) is 9.68. The summed E-state index contributed by atoms with van der Waals surface area (Å²) in [5, 5.41) is 6.63. The van der Waals surface area contributed by atoms with Crippen molar-refractivity contribution in [1.82, 2.24) is 15.4 Å². The summed E-state index contributed by atoms with van der Waals surface area (Å²) < 4.78 is 4.93. The van der Waals surface area contributed by atoms with Gasteiger partial charge in [-0.1, -0.05) is 30.3 Å². The highest BCUT2D eigenvalue weighted by atomic mass is 16.5. The topological polar surface area (TPSA) is 58.4 Å². The Morgan fingerprint density at radius 2 is 2.12 bits per heavy atom. The molecule has 24 heavy (non-hydrogen) atoms. The van der Waals surface area contributed by atoms with Crippen molar-refractivity contribution in [3.8, 4) is 11.1 Å². The predicted octanol–water partition coefficient (Wildman–Crippen LogP) is 3.15. The van der Waals surface area contributed by atoms with Gasteiger partial charge in [0.25, 0.3) is 0 Å². The van der Waals surface area contributed by atoms with Crippen molar-refractivity contribution in [3.05, 3.63) is 41.3 Å². The Balaban J connectivity index is 0.000000471. The lowest BCUT2D eigenvalue weighted by molar-refractivity contribution is 0.109. The first-order chi connectivity index (χ1) is 11.6. The van der Waals surface area contributed by atoms with Gasteiger partial charge in [-0.3, -0.25) is 9.69 Å². The molecule has 5 heteroatoms. The maximum absolute atomic E-state index is 10.9. The normalized spacial score (nSPS) is 14.0. The van der Waals surface area contributed by atoms with Crippen LogP contribution in [0.15, 0.2) is 28.9 Å². The lowest BCUT2D eigenvalue weighted by Crippen LogP contribution is -2.35. The molecule has 2 heterocycles. The number of benzene rings is 1. The molecule has 0 aliphatic carbocycles. The van der Waals surface area contributed by atoms with E-state index in [2.05, 4.69) is 48.3 Å². The Hall–Kier alpha value is -1.98. The van der Waals surface area contributed by atoms with Gasteiger partial charge in [-0.15, -0.1) is 0 Å². The summed E-state index contributed by atoms with van der Waals surface area (Å²) in [5.41, 5.74) is 4.51. The maximum atomic E-state index is 10.9. The quantitative estimate of drug-likeness (QED) is 0.873. The molecule has 1 aliphatic heterocycles. The van der Waals surface area contributed by atoms with E-state index >= 15 is 0 Å². The van der Waals surface area contributed by atoms with Gasteiger partial charge >= 0.3 is 0 Å². The molecule has 0 unspecified atom stereocenters. The molecule has 0 fully saturated rings. The van der Waals surface area contributed by atoms with E-state index in [1.54, 1.807) is 6.20 Å². The lowest BCUT2D eigenvalue weighted by Gasteiger charge is -2.32. The van der Waals surface area contributed by atoms with Gasteiger partial charge in [-0.25, -0.2) is 0 Å². The third-order valence-electron chi connectivity index (χ3n) is 4.35. The van der Waals surface area contributed by atoms with Gasteiger partial charge in [0.15, 0.2) is 6.29 Å². The van der Waals surface area contributed by atoms with Crippen LogP contribution in [0.5, 0.6) is 0 Å². The van der Waals surface area contributed by atoms with Crippen molar-refractivity contribution in [2.45, 2.75) is 39.8 Å². The second kappa shape index (κ2) is 8.76. The predicted molar refractivity (Wildman–Crippen MR) is 96.2 cm³/mol. The molecule has 0 amide bonds. The van der Waals surface area contributed by atoms with E-state index in [4.69, 9.17) is 4.52 Å². The van der Waals surface area contributed by atoms with Crippen LogP contribution < -0.4 is 5.32 Å². The SMILES string of the molecule is CC(C)N1CCc2cc(-c3cnoc3C=O)ccc2C1.CCNC. The maximum Gasteiger partial charge on any atom is 0.207 e. The van der Waals surface area contributed by atoms with E-state index in [-0.39, 0.29) is 0 Å². The Labute approximate surface area is 144 Å². The van der Waals surface area contributed by atoms with Gasteiger partial charge in [-0.05, 0) is 50.6 Å².